The standard InChI is InChI=1S/C24H27BN4O6S.C23H26N4O7S.C15H15BN2O5.C10H9NO2.C2HF3O2/c1-17(28-36(33,34)21-7-3-2-4-8-21)16-27-23(31)18-13-19-15-20(9-11-29(19)22(30)14-18)35-12-6-5-10-26-24(25)32;24-9-4-5-11-34-18-8-10-27-17(14-18)12-16(13-21(27)28)22(29)25-15-20(23(30)31)26-35(32,33)19-6-2-1-3-7-19;16-15(22)17-4-1-2-6-23-12-3-5-18-11(9-12)7-10(14(20)21)8-13(18)19;1-7-4-8-6-9(12)2-3-11(8)10(13)5-7;3-2(4,5)1(6)7/h2-4,7-9,11,13-15,17,28H,5-6,10,12,16H2,1H3,(H,26,32)(H,27,31);1-3,6-8,10,12-14,20,26H,4-5,9,11,15,24H2,(H,25,29)(H,30,31);3,5,7-9H,1-2,4,6H2,(H,17,22)(H,20,21);2-6,12H,1H3;(H,6,7)/t17-;20-;;;/m10.../s1. The molecule has 40 heteroatoms. The lowest BCUT2D eigenvalue weighted by atomic mass is 10.1. The topological polar surface area (TPSA) is 485 Å². The number of hydrogen-bond donors (Lipinski definition) is 10. The highest BCUT2D eigenvalue weighted by atomic mass is 32.2. The number of sulfonamides is 2. The molecule has 10 rings (SSSR count). The van der Waals surface area contributed by atoms with Crippen LogP contribution in [-0.4, -0.2) is 178 Å². The van der Waals surface area contributed by atoms with E-state index in [0.29, 0.717) is 91.5 Å². The van der Waals surface area contributed by atoms with E-state index in [9.17, 15) is 88.2 Å². The van der Waals surface area contributed by atoms with E-state index >= 15 is 0 Å². The van der Waals surface area contributed by atoms with Crippen molar-refractivity contribution in [2.45, 2.75) is 80.4 Å². The Morgan fingerprint density at radius 3 is 1.26 bits per heavy atom. The van der Waals surface area contributed by atoms with Gasteiger partial charge in [-0.25, -0.2) is 26.4 Å². The van der Waals surface area contributed by atoms with E-state index in [1.54, 1.807) is 98.2 Å². The van der Waals surface area contributed by atoms with Crippen molar-refractivity contribution >= 4 is 99.1 Å². The van der Waals surface area contributed by atoms with Crippen LogP contribution in [0.1, 0.15) is 82.1 Å². The first-order valence-electron chi connectivity index (χ1n) is 34.5. The summed E-state index contributed by atoms with van der Waals surface area (Å²) in [6.45, 7) is 6.04. The van der Waals surface area contributed by atoms with Crippen LogP contribution in [0.3, 0.4) is 0 Å². The van der Waals surface area contributed by atoms with Gasteiger partial charge in [0, 0.05) is 117 Å². The number of benzene rings is 2. The summed E-state index contributed by atoms with van der Waals surface area (Å²) in [5, 5.41) is 46.4. The summed E-state index contributed by atoms with van der Waals surface area (Å²) in [4.78, 5) is 126. The molecule has 0 fully saturated rings. The molecule has 114 heavy (non-hydrogen) atoms. The highest BCUT2D eigenvalue weighted by Crippen LogP contribution is 2.20. The first-order valence-corrected chi connectivity index (χ1v) is 37.4. The van der Waals surface area contributed by atoms with E-state index in [2.05, 4.69) is 36.4 Å². The van der Waals surface area contributed by atoms with Crippen molar-refractivity contribution in [3.8, 4) is 23.0 Å². The van der Waals surface area contributed by atoms with Crippen molar-refractivity contribution in [2.75, 3.05) is 52.5 Å². The van der Waals surface area contributed by atoms with E-state index in [0.717, 1.165) is 43.5 Å². The second-order valence-corrected chi connectivity index (χ2v) is 28.0. The van der Waals surface area contributed by atoms with Gasteiger partial charge in [0.2, 0.25) is 20.0 Å². The third kappa shape index (κ3) is 29.2. The monoisotopic (exact) mass is 1620 g/mol. The minimum Gasteiger partial charge on any atom is -0.542 e. The smallest absolute Gasteiger partial charge is 0.430 e. The maximum absolute atomic E-state index is 12.7. The number of fused-ring (bicyclic) bond motifs is 4. The number of quaternary nitrogens is 1. The summed E-state index contributed by atoms with van der Waals surface area (Å²) >= 11 is 0. The number of aliphatic carboxylic acids is 2. The van der Waals surface area contributed by atoms with Crippen molar-refractivity contribution in [1.29, 1.82) is 0 Å². The Morgan fingerprint density at radius 1 is 0.500 bits per heavy atom. The van der Waals surface area contributed by atoms with Gasteiger partial charge < -0.3 is 66.4 Å². The summed E-state index contributed by atoms with van der Waals surface area (Å²) in [7, 11) is 2.11. The fraction of sp³-hybridized carbons (Fsp3) is 0.257. The molecule has 33 nitrogen and oxygen atoms in total. The summed E-state index contributed by atoms with van der Waals surface area (Å²) in [6, 6.07) is 37.1. The van der Waals surface area contributed by atoms with Gasteiger partial charge in [-0.2, -0.15) is 17.9 Å². The molecule has 0 unspecified atom stereocenters. The van der Waals surface area contributed by atoms with Crippen LogP contribution in [0, 0.1) is 6.92 Å². The molecule has 12 N–H and O–H groups in total. The average Bonchev–Trinajstić information content (AvgIpc) is 0.784. The number of carbonyl (C=O) groups is 7. The van der Waals surface area contributed by atoms with Gasteiger partial charge in [0.05, 0.1) is 63.8 Å². The molecular formula is C74H78B2F3N11O22S2. The van der Waals surface area contributed by atoms with Crippen LogP contribution in [0.5, 0.6) is 23.0 Å². The van der Waals surface area contributed by atoms with Crippen LogP contribution in [0.25, 0.3) is 22.1 Å². The van der Waals surface area contributed by atoms with Gasteiger partial charge >= 0.3 is 18.1 Å². The number of amides is 4. The Kier molecular flexibility index (Phi) is 34.2. The second-order valence-electron chi connectivity index (χ2n) is 24.5. The van der Waals surface area contributed by atoms with Crippen molar-refractivity contribution in [3.63, 3.8) is 0 Å². The molecule has 0 saturated carbocycles. The number of hydrogen-bond acceptors (Lipinski definition) is 20. The molecule has 0 bridgehead atoms. The van der Waals surface area contributed by atoms with Gasteiger partial charge in [-0.05, 0) is 131 Å². The van der Waals surface area contributed by atoms with Gasteiger partial charge in [-0.1, -0.05) is 36.4 Å². The van der Waals surface area contributed by atoms with Crippen LogP contribution in [0.4, 0.5) is 22.8 Å². The molecule has 4 amide bonds. The molecule has 600 valence electrons. The zero-order valence-corrected chi connectivity index (χ0v) is 62.7. The van der Waals surface area contributed by atoms with Crippen LogP contribution in [-0.2, 0) is 29.6 Å². The number of aromatic carboxylic acids is 1. The van der Waals surface area contributed by atoms with Crippen molar-refractivity contribution in [3.05, 3.63) is 246 Å². The normalized spacial score (nSPS) is 11.6. The SMILES string of the molecule is Cc1cc(=O)n2ccc(O)cc2c1.O=C([O-])C(F)(F)F.[B]C(=O)NCCCCOc1ccn2c(=O)cc(C(=O)NC[C@@H](C)NS(=O)(=O)c3ccccc3)cc2c1.[B]C(=O)NCCCCOc1ccn2c(=O)cc(C(=O)O)cc2c1.[NH3+]CCCCOc1ccn2c(=O)cc(C(=O)NC[C@H](NS(=O)(=O)c3ccccc3)C(=O)O)cc2c1. The Morgan fingerprint density at radius 2 is 0.868 bits per heavy atom. The molecule has 10 aromatic rings. The van der Waals surface area contributed by atoms with E-state index in [4.69, 9.17) is 44.9 Å². The minimum atomic E-state index is -5.19. The Bertz CT molecular complexity index is 5550. The van der Waals surface area contributed by atoms with Gasteiger partial charge in [0.1, 0.15) is 35.0 Å². The van der Waals surface area contributed by atoms with Gasteiger partial charge in [0.25, 0.3) is 34.1 Å². The number of aryl methyl sites for hydroxylation is 1. The lowest BCUT2D eigenvalue weighted by Crippen LogP contribution is -2.50. The van der Waals surface area contributed by atoms with Crippen molar-refractivity contribution in [2.24, 2.45) is 0 Å². The summed E-state index contributed by atoms with van der Waals surface area (Å²) in [5.41, 5.74) is 5.46. The fourth-order valence-corrected chi connectivity index (χ4v) is 12.5. The maximum Gasteiger partial charge on any atom is 0.430 e. The number of aromatic hydroxyl groups is 1. The Hall–Kier alpha value is -12.7. The number of aromatic nitrogens is 4. The molecule has 0 aliphatic rings. The number of nitrogens with zero attached hydrogens (tertiary/aromatic N) is 4. The van der Waals surface area contributed by atoms with E-state index in [-0.39, 0.29) is 49.9 Å². The van der Waals surface area contributed by atoms with Gasteiger partial charge in [0.15, 0.2) is 27.3 Å². The van der Waals surface area contributed by atoms with Gasteiger partial charge in [-0.15, -0.1) is 0 Å². The number of halogens is 3. The molecule has 0 spiro atoms. The van der Waals surface area contributed by atoms with E-state index in [1.165, 1.54) is 90.7 Å². The summed E-state index contributed by atoms with van der Waals surface area (Å²) in [6.07, 6.45) is 5.58. The number of alkyl halides is 3. The molecular weight excluding hydrogens is 1540 g/mol. The van der Waals surface area contributed by atoms with Crippen molar-refractivity contribution < 1.29 is 104 Å². The number of unbranched alkanes of at least 4 members (excludes halogenated alkanes) is 3. The molecule has 2 atom stereocenters. The number of nitrogens with one attached hydrogen (secondary N) is 6. The zero-order chi connectivity index (χ0) is 83.9. The van der Waals surface area contributed by atoms with E-state index in [1.807, 2.05) is 13.0 Å². The lowest BCUT2D eigenvalue weighted by molar-refractivity contribution is -0.368. The summed E-state index contributed by atoms with van der Waals surface area (Å²) in [5.74, 6) is -6.22. The molecule has 4 radical (unpaired) electrons. The maximum atomic E-state index is 12.7. The second kappa shape index (κ2) is 43.2. The summed E-state index contributed by atoms with van der Waals surface area (Å²) < 4.78 is 108. The van der Waals surface area contributed by atoms with Crippen molar-refractivity contribution in [1.82, 2.24) is 48.3 Å². The average molecular weight is 1620 g/mol. The Balaban J connectivity index is 0.000000240. The number of carboxylic acid groups (broad SMARTS) is 3. The van der Waals surface area contributed by atoms with Crippen LogP contribution >= 0.6 is 0 Å². The number of pyridine rings is 8. The third-order valence-electron chi connectivity index (χ3n) is 15.5. The third-order valence-corrected chi connectivity index (χ3v) is 18.6. The van der Waals surface area contributed by atoms with Crippen LogP contribution in [0.15, 0.2) is 211 Å². The number of rotatable bonds is 31. The zero-order valence-electron chi connectivity index (χ0n) is 61.1. The molecule has 8 heterocycles. The molecule has 0 aliphatic heterocycles. The molecule has 0 aliphatic carbocycles. The van der Waals surface area contributed by atoms with Crippen LogP contribution < -0.4 is 78.0 Å². The molecule has 0 saturated heterocycles. The minimum absolute atomic E-state index is 0.000683. The van der Waals surface area contributed by atoms with E-state index < -0.39 is 97.3 Å². The predicted molar refractivity (Wildman–Crippen MR) is 408 cm³/mol. The largest absolute Gasteiger partial charge is 0.542 e. The lowest BCUT2D eigenvalue weighted by Gasteiger charge is -2.16. The molecule has 8 aromatic heterocycles. The van der Waals surface area contributed by atoms with Crippen LogP contribution in [0.2, 0.25) is 0 Å². The highest BCUT2D eigenvalue weighted by Gasteiger charge is 2.29. The highest BCUT2D eigenvalue weighted by molar-refractivity contribution is 7.89. The number of ether oxygens (including phenoxy) is 3. The quantitative estimate of drug-likeness (QED) is 0.0220. The Labute approximate surface area is 650 Å². The predicted octanol–water partition coefficient (Wildman–Crippen LogP) is 2.94. The first-order chi connectivity index (χ1) is 53.9. The number of carboxylic acids is 3. The van der Waals surface area contributed by atoms with Gasteiger partial charge in [-0.3, -0.25) is 60.8 Å². The first kappa shape index (κ1) is 90.2. The fourth-order valence-electron chi connectivity index (χ4n) is 10.0. The molecule has 2 aromatic carbocycles. The number of carbonyl (C=O) groups excluding carboxylic acids is 5.